The first kappa shape index (κ1) is 16.4. The summed E-state index contributed by atoms with van der Waals surface area (Å²) in [5, 5.41) is 7.89. The summed E-state index contributed by atoms with van der Waals surface area (Å²) in [6, 6.07) is 0. The first-order valence-corrected chi connectivity index (χ1v) is 6.68. The molecule has 1 aliphatic carbocycles. The Kier molecular flexibility index (Phi) is 5.95. The Hall–Kier alpha value is -1.62. The molecule has 5 heteroatoms. The number of aliphatic carboxylic acids is 1. The number of hydrogen-bond acceptors (Lipinski definition) is 4. The molecule has 0 spiro atoms. The number of carbonyl (C=O) groups is 2. The second kappa shape index (κ2) is 7.24. The third kappa shape index (κ3) is 5.57. The van der Waals surface area contributed by atoms with Crippen LogP contribution < -0.4 is 0 Å². The van der Waals surface area contributed by atoms with Crippen molar-refractivity contribution in [2.75, 3.05) is 6.61 Å². The van der Waals surface area contributed by atoms with E-state index in [1.807, 2.05) is 0 Å². The molecular weight excluding hydrogens is 260 g/mol. The maximum absolute atomic E-state index is 11.1. The highest BCUT2D eigenvalue weighted by Crippen LogP contribution is 2.39. The third-order valence-electron chi connectivity index (χ3n) is 3.28. The molecule has 1 N–H and O–H groups in total. The molecule has 3 unspecified atom stereocenters. The quantitative estimate of drug-likeness (QED) is 0.486. The summed E-state index contributed by atoms with van der Waals surface area (Å²) in [5.41, 5.74) is 0.649. The second-order valence-electron chi connectivity index (χ2n) is 5.36. The van der Waals surface area contributed by atoms with E-state index < -0.39 is 5.97 Å². The van der Waals surface area contributed by atoms with Gasteiger partial charge < -0.3 is 14.6 Å². The standard InChI is InChI=1S/C11H16O3.C4H6O2/c1-7(2)11(12)13-6-8-3-4-9-10(5-8)14-9;1-3(2)4(5)6/h8-10H,1,3-6H2,2H3;1H2,2H3,(H,5,6). The van der Waals surface area contributed by atoms with Gasteiger partial charge in [-0.05, 0) is 39.0 Å². The van der Waals surface area contributed by atoms with Gasteiger partial charge in [0.05, 0.1) is 18.8 Å². The molecule has 0 aromatic heterocycles. The Morgan fingerprint density at radius 2 is 1.80 bits per heavy atom. The minimum atomic E-state index is -0.935. The van der Waals surface area contributed by atoms with Gasteiger partial charge in [0, 0.05) is 11.1 Å². The summed E-state index contributed by atoms with van der Waals surface area (Å²) < 4.78 is 10.5. The maximum atomic E-state index is 11.1. The number of carboxylic acid groups (broad SMARTS) is 1. The van der Waals surface area contributed by atoms with Gasteiger partial charge in [0.15, 0.2) is 0 Å². The normalized spacial score (nSPS) is 26.4. The second-order valence-corrected chi connectivity index (χ2v) is 5.36. The number of hydrogen-bond donors (Lipinski definition) is 1. The fraction of sp³-hybridized carbons (Fsp3) is 0.600. The summed E-state index contributed by atoms with van der Waals surface area (Å²) in [4.78, 5) is 20.7. The van der Waals surface area contributed by atoms with Crippen molar-refractivity contribution >= 4 is 11.9 Å². The topological polar surface area (TPSA) is 76.1 Å². The zero-order valence-electron chi connectivity index (χ0n) is 12.1. The molecular formula is C15H22O5. The highest BCUT2D eigenvalue weighted by molar-refractivity contribution is 5.86. The van der Waals surface area contributed by atoms with Crippen LogP contribution in [0.5, 0.6) is 0 Å². The van der Waals surface area contributed by atoms with Crippen molar-refractivity contribution in [1.82, 2.24) is 0 Å². The fourth-order valence-electron chi connectivity index (χ4n) is 1.95. The smallest absolute Gasteiger partial charge is 0.333 e. The largest absolute Gasteiger partial charge is 0.478 e. The van der Waals surface area contributed by atoms with Crippen LogP contribution in [0.2, 0.25) is 0 Å². The minimum Gasteiger partial charge on any atom is -0.478 e. The molecule has 2 aliphatic rings. The van der Waals surface area contributed by atoms with Gasteiger partial charge in [-0.1, -0.05) is 13.2 Å². The maximum Gasteiger partial charge on any atom is 0.333 e. The molecule has 0 amide bonds. The summed E-state index contributed by atoms with van der Waals surface area (Å²) in [6.07, 6.45) is 4.26. The SMILES string of the molecule is C=C(C)C(=O)O.C=C(C)C(=O)OCC1CCC2OC2C1. The molecule has 20 heavy (non-hydrogen) atoms. The Bertz CT molecular complexity index is 400. The van der Waals surface area contributed by atoms with Crippen LogP contribution >= 0.6 is 0 Å². The van der Waals surface area contributed by atoms with Gasteiger partial charge in [0.25, 0.3) is 0 Å². The molecule has 1 aliphatic heterocycles. The summed E-state index contributed by atoms with van der Waals surface area (Å²) in [5.74, 6) is -0.721. The van der Waals surface area contributed by atoms with Crippen molar-refractivity contribution in [1.29, 1.82) is 0 Å². The molecule has 1 saturated heterocycles. The average molecular weight is 282 g/mol. The fourth-order valence-corrected chi connectivity index (χ4v) is 1.95. The molecule has 0 aromatic carbocycles. The van der Waals surface area contributed by atoms with Crippen molar-refractivity contribution < 1.29 is 24.2 Å². The van der Waals surface area contributed by atoms with Crippen molar-refractivity contribution in [3.8, 4) is 0 Å². The van der Waals surface area contributed by atoms with Crippen LogP contribution in [0.4, 0.5) is 0 Å². The van der Waals surface area contributed by atoms with Crippen molar-refractivity contribution in [2.45, 2.75) is 45.3 Å². The number of rotatable bonds is 4. The summed E-state index contributed by atoms with van der Waals surface area (Å²) in [7, 11) is 0. The average Bonchev–Trinajstić information content (AvgIpc) is 3.14. The van der Waals surface area contributed by atoms with Crippen LogP contribution in [0, 0.1) is 5.92 Å². The first-order chi connectivity index (χ1) is 9.31. The van der Waals surface area contributed by atoms with Gasteiger partial charge in [0.1, 0.15) is 0 Å². The van der Waals surface area contributed by atoms with Gasteiger partial charge in [-0.25, -0.2) is 9.59 Å². The van der Waals surface area contributed by atoms with E-state index in [1.54, 1.807) is 6.92 Å². The molecule has 112 valence electrons. The lowest BCUT2D eigenvalue weighted by molar-refractivity contribution is -0.140. The van der Waals surface area contributed by atoms with E-state index in [0.717, 1.165) is 19.3 Å². The van der Waals surface area contributed by atoms with E-state index in [2.05, 4.69) is 13.2 Å². The van der Waals surface area contributed by atoms with Crippen LogP contribution in [0.15, 0.2) is 24.3 Å². The van der Waals surface area contributed by atoms with Crippen molar-refractivity contribution in [3.63, 3.8) is 0 Å². The monoisotopic (exact) mass is 282 g/mol. The lowest BCUT2D eigenvalue weighted by Gasteiger charge is -2.18. The highest BCUT2D eigenvalue weighted by atomic mass is 16.6. The van der Waals surface area contributed by atoms with E-state index in [1.165, 1.54) is 6.92 Å². The number of ether oxygens (including phenoxy) is 2. The van der Waals surface area contributed by atoms with Gasteiger partial charge >= 0.3 is 11.9 Å². The Labute approximate surface area is 119 Å². The van der Waals surface area contributed by atoms with Crippen molar-refractivity contribution in [3.05, 3.63) is 24.3 Å². The zero-order valence-corrected chi connectivity index (χ0v) is 12.1. The Morgan fingerprint density at radius 3 is 2.25 bits per heavy atom. The Morgan fingerprint density at radius 1 is 1.20 bits per heavy atom. The molecule has 1 saturated carbocycles. The van der Waals surface area contributed by atoms with Crippen molar-refractivity contribution in [2.24, 2.45) is 5.92 Å². The van der Waals surface area contributed by atoms with E-state index >= 15 is 0 Å². The van der Waals surface area contributed by atoms with Gasteiger partial charge in [-0.3, -0.25) is 0 Å². The van der Waals surface area contributed by atoms with Gasteiger partial charge in [-0.2, -0.15) is 0 Å². The van der Waals surface area contributed by atoms with Crippen LogP contribution in [-0.2, 0) is 19.1 Å². The van der Waals surface area contributed by atoms with E-state index in [9.17, 15) is 9.59 Å². The number of esters is 1. The number of carboxylic acids is 1. The molecule has 5 nitrogen and oxygen atoms in total. The predicted octanol–water partition coefficient (Wildman–Crippen LogP) is 2.32. The third-order valence-corrected chi connectivity index (χ3v) is 3.28. The molecule has 2 rings (SSSR count). The number of fused-ring (bicyclic) bond motifs is 1. The lowest BCUT2D eigenvalue weighted by Crippen LogP contribution is -2.20. The van der Waals surface area contributed by atoms with Crippen LogP contribution in [0.3, 0.4) is 0 Å². The predicted molar refractivity (Wildman–Crippen MR) is 74.2 cm³/mol. The molecule has 1 heterocycles. The number of epoxide rings is 1. The van der Waals surface area contributed by atoms with Gasteiger partial charge in [-0.15, -0.1) is 0 Å². The van der Waals surface area contributed by atoms with Crippen LogP contribution in [-0.4, -0.2) is 35.9 Å². The van der Waals surface area contributed by atoms with E-state index in [-0.39, 0.29) is 11.5 Å². The lowest BCUT2D eigenvalue weighted by atomic mass is 9.90. The van der Waals surface area contributed by atoms with Crippen LogP contribution in [0.1, 0.15) is 33.1 Å². The summed E-state index contributed by atoms with van der Waals surface area (Å²) in [6.45, 7) is 10.3. The zero-order chi connectivity index (χ0) is 15.3. The molecule has 0 bridgehead atoms. The van der Waals surface area contributed by atoms with E-state index in [0.29, 0.717) is 30.3 Å². The molecule has 3 atom stereocenters. The van der Waals surface area contributed by atoms with Crippen LogP contribution in [0.25, 0.3) is 0 Å². The molecule has 0 radical (unpaired) electrons. The molecule has 0 aromatic rings. The van der Waals surface area contributed by atoms with Gasteiger partial charge in [0.2, 0.25) is 0 Å². The first-order valence-electron chi connectivity index (χ1n) is 6.68. The number of carbonyl (C=O) groups excluding carboxylic acids is 1. The summed E-state index contributed by atoms with van der Waals surface area (Å²) >= 11 is 0. The highest BCUT2D eigenvalue weighted by Gasteiger charge is 2.43. The Balaban J connectivity index is 0.000000286. The molecule has 2 fully saturated rings. The van der Waals surface area contributed by atoms with E-state index in [4.69, 9.17) is 14.6 Å². The minimum absolute atomic E-state index is 0.176.